The number of rotatable bonds is 4. The molecule has 0 N–H and O–H groups in total. The van der Waals surface area contributed by atoms with Crippen molar-refractivity contribution >= 4 is 22.9 Å². The number of carbonyl (C=O) groups excluding carboxylic acids is 1. The van der Waals surface area contributed by atoms with E-state index in [0.29, 0.717) is 18.8 Å². The van der Waals surface area contributed by atoms with Crippen LogP contribution in [-0.4, -0.2) is 32.1 Å². The van der Waals surface area contributed by atoms with E-state index in [2.05, 4.69) is 16.5 Å². The van der Waals surface area contributed by atoms with Crippen molar-refractivity contribution in [3.8, 4) is 0 Å². The van der Waals surface area contributed by atoms with Gasteiger partial charge in [0, 0.05) is 23.9 Å². The molecular weight excluding hydrogens is 316 g/mol. The van der Waals surface area contributed by atoms with Crippen LogP contribution in [0.2, 0.25) is 0 Å². The molecule has 4 rings (SSSR count). The Bertz CT molecular complexity index is 778. The molecule has 0 aromatic carbocycles. The van der Waals surface area contributed by atoms with Crippen LogP contribution < -0.4 is 0 Å². The van der Waals surface area contributed by atoms with E-state index >= 15 is 0 Å². The second kappa shape index (κ2) is 5.45. The molecule has 1 fully saturated rings. The summed E-state index contributed by atoms with van der Waals surface area (Å²) in [5.74, 6) is 0.150. The third kappa shape index (κ3) is 2.74. The Hall–Kier alpha value is -2.22. The van der Waals surface area contributed by atoms with Crippen molar-refractivity contribution in [2.45, 2.75) is 38.3 Å². The van der Waals surface area contributed by atoms with E-state index in [1.54, 1.807) is 16.2 Å². The molecular formula is C15H16N4O3S. The third-order valence-corrected chi connectivity index (χ3v) is 5.41. The van der Waals surface area contributed by atoms with Crippen molar-refractivity contribution in [2.75, 3.05) is 6.54 Å². The van der Waals surface area contributed by atoms with Crippen molar-refractivity contribution in [3.63, 3.8) is 0 Å². The molecule has 2 aromatic heterocycles. The molecule has 120 valence electrons. The monoisotopic (exact) mass is 332 g/mol. The fourth-order valence-corrected chi connectivity index (χ4v) is 3.88. The Morgan fingerprint density at radius 2 is 2.30 bits per heavy atom. The molecule has 2 aromatic rings. The zero-order valence-corrected chi connectivity index (χ0v) is 13.3. The molecule has 1 aliphatic carbocycles. The fourth-order valence-electron chi connectivity index (χ4n) is 2.99. The SMILES string of the molecule is O=C(Cn1cc([N+](=O)[O-])c(C2CC2)n1)N1CCc2sccc2C1. The number of nitro groups is 1. The highest BCUT2D eigenvalue weighted by molar-refractivity contribution is 7.10. The van der Waals surface area contributed by atoms with Gasteiger partial charge in [0.05, 0.1) is 4.92 Å². The Morgan fingerprint density at radius 3 is 3.04 bits per heavy atom. The van der Waals surface area contributed by atoms with E-state index in [1.165, 1.54) is 21.3 Å². The largest absolute Gasteiger partial charge is 0.336 e. The van der Waals surface area contributed by atoms with Crippen molar-refractivity contribution in [2.24, 2.45) is 0 Å². The van der Waals surface area contributed by atoms with Crippen molar-refractivity contribution < 1.29 is 9.72 Å². The van der Waals surface area contributed by atoms with Gasteiger partial charge in [0.1, 0.15) is 18.4 Å². The maximum Gasteiger partial charge on any atom is 0.310 e. The lowest BCUT2D eigenvalue weighted by atomic mass is 10.1. The first-order valence-corrected chi connectivity index (χ1v) is 8.54. The maximum atomic E-state index is 12.5. The van der Waals surface area contributed by atoms with Gasteiger partial charge in [-0.15, -0.1) is 11.3 Å². The number of hydrogen-bond donors (Lipinski definition) is 0. The Kier molecular flexibility index (Phi) is 3.41. The highest BCUT2D eigenvalue weighted by Crippen LogP contribution is 2.43. The molecule has 0 saturated heterocycles. The zero-order valence-electron chi connectivity index (χ0n) is 12.5. The normalized spacial score (nSPS) is 17.1. The summed E-state index contributed by atoms with van der Waals surface area (Å²) in [5.41, 5.74) is 1.78. The Morgan fingerprint density at radius 1 is 1.48 bits per heavy atom. The summed E-state index contributed by atoms with van der Waals surface area (Å²) in [6.07, 6.45) is 4.16. The van der Waals surface area contributed by atoms with Crippen LogP contribution in [0.1, 0.15) is 34.9 Å². The molecule has 2 aliphatic rings. The minimum absolute atomic E-state index is 0.0402. The summed E-state index contributed by atoms with van der Waals surface area (Å²) < 4.78 is 1.43. The molecule has 0 radical (unpaired) electrons. The summed E-state index contributed by atoms with van der Waals surface area (Å²) in [7, 11) is 0. The van der Waals surface area contributed by atoms with Gasteiger partial charge in [0.25, 0.3) is 0 Å². The molecule has 3 heterocycles. The van der Waals surface area contributed by atoms with Crippen LogP contribution in [0.25, 0.3) is 0 Å². The second-order valence-electron chi connectivity index (χ2n) is 6.06. The Labute approximate surface area is 136 Å². The highest BCUT2D eigenvalue weighted by Gasteiger charge is 2.34. The molecule has 1 aliphatic heterocycles. The summed E-state index contributed by atoms with van der Waals surface area (Å²) >= 11 is 1.73. The molecule has 1 amide bonds. The quantitative estimate of drug-likeness (QED) is 0.635. The second-order valence-corrected chi connectivity index (χ2v) is 7.06. The van der Waals surface area contributed by atoms with Crippen molar-refractivity contribution in [3.05, 3.63) is 43.9 Å². The molecule has 23 heavy (non-hydrogen) atoms. The van der Waals surface area contributed by atoms with Gasteiger partial charge < -0.3 is 4.90 Å². The number of carbonyl (C=O) groups is 1. The molecule has 0 bridgehead atoms. The summed E-state index contributed by atoms with van der Waals surface area (Å²) in [5, 5.41) is 17.5. The van der Waals surface area contributed by atoms with Gasteiger partial charge in [-0.25, -0.2) is 0 Å². The lowest BCUT2D eigenvalue weighted by molar-refractivity contribution is -0.385. The van der Waals surface area contributed by atoms with E-state index < -0.39 is 4.92 Å². The fraction of sp³-hybridized carbons (Fsp3) is 0.467. The molecule has 7 nitrogen and oxygen atoms in total. The zero-order chi connectivity index (χ0) is 16.0. The first-order valence-electron chi connectivity index (χ1n) is 7.66. The lowest BCUT2D eigenvalue weighted by Gasteiger charge is -2.26. The van der Waals surface area contributed by atoms with Gasteiger partial charge in [-0.05, 0) is 36.3 Å². The third-order valence-electron chi connectivity index (χ3n) is 4.39. The van der Waals surface area contributed by atoms with E-state index in [1.807, 2.05) is 0 Å². The van der Waals surface area contributed by atoms with Crippen LogP contribution in [0.3, 0.4) is 0 Å². The first-order chi connectivity index (χ1) is 11.1. The number of hydrogen-bond acceptors (Lipinski definition) is 5. The van der Waals surface area contributed by atoms with Crippen LogP contribution in [0.4, 0.5) is 5.69 Å². The highest BCUT2D eigenvalue weighted by atomic mass is 32.1. The van der Waals surface area contributed by atoms with Crippen LogP contribution >= 0.6 is 11.3 Å². The smallest absolute Gasteiger partial charge is 0.310 e. The first kappa shape index (κ1) is 14.4. The van der Waals surface area contributed by atoms with Gasteiger partial charge in [-0.3, -0.25) is 19.6 Å². The van der Waals surface area contributed by atoms with Gasteiger partial charge in [0.2, 0.25) is 5.91 Å². The van der Waals surface area contributed by atoms with Gasteiger partial charge in [-0.2, -0.15) is 5.10 Å². The van der Waals surface area contributed by atoms with Gasteiger partial charge >= 0.3 is 5.69 Å². The average Bonchev–Trinajstić information content (AvgIpc) is 3.11. The summed E-state index contributed by atoms with van der Waals surface area (Å²) in [6, 6.07) is 2.06. The van der Waals surface area contributed by atoms with Gasteiger partial charge in [-0.1, -0.05) is 0 Å². The number of amides is 1. The molecule has 0 atom stereocenters. The minimum atomic E-state index is -0.403. The predicted octanol–water partition coefficient (Wildman–Crippen LogP) is 2.32. The van der Waals surface area contributed by atoms with Crippen LogP contribution in [0, 0.1) is 10.1 Å². The van der Waals surface area contributed by atoms with Crippen LogP contribution in [-0.2, 0) is 24.3 Å². The Balaban J connectivity index is 1.49. The molecule has 8 heteroatoms. The standard InChI is InChI=1S/C15H16N4O3S/c20-14(17-5-3-13-11(7-17)4-6-23-13)9-18-8-12(19(21)22)15(16-18)10-1-2-10/h4,6,8,10H,1-3,5,7,9H2. The molecule has 0 unspecified atom stereocenters. The molecule has 0 spiro atoms. The van der Waals surface area contributed by atoms with E-state index in [0.717, 1.165) is 19.3 Å². The summed E-state index contributed by atoms with van der Waals surface area (Å²) in [4.78, 5) is 26.3. The number of nitrogens with zero attached hydrogens (tertiary/aromatic N) is 4. The van der Waals surface area contributed by atoms with Crippen LogP contribution in [0.5, 0.6) is 0 Å². The number of thiophene rings is 1. The number of aromatic nitrogens is 2. The van der Waals surface area contributed by atoms with Crippen molar-refractivity contribution in [1.29, 1.82) is 0 Å². The topological polar surface area (TPSA) is 81.3 Å². The lowest BCUT2D eigenvalue weighted by Crippen LogP contribution is -2.37. The van der Waals surface area contributed by atoms with E-state index in [4.69, 9.17) is 0 Å². The van der Waals surface area contributed by atoms with E-state index in [-0.39, 0.29) is 24.1 Å². The molecule has 1 saturated carbocycles. The van der Waals surface area contributed by atoms with Crippen LogP contribution in [0.15, 0.2) is 17.6 Å². The van der Waals surface area contributed by atoms with E-state index in [9.17, 15) is 14.9 Å². The summed E-state index contributed by atoms with van der Waals surface area (Å²) in [6.45, 7) is 1.38. The van der Waals surface area contributed by atoms with Gasteiger partial charge in [0.15, 0.2) is 0 Å². The predicted molar refractivity (Wildman–Crippen MR) is 84.3 cm³/mol. The maximum absolute atomic E-state index is 12.5. The average molecular weight is 332 g/mol. The number of fused-ring (bicyclic) bond motifs is 1. The van der Waals surface area contributed by atoms with Crippen molar-refractivity contribution in [1.82, 2.24) is 14.7 Å². The minimum Gasteiger partial charge on any atom is -0.336 e.